The fourth-order valence-corrected chi connectivity index (χ4v) is 5.04. The van der Waals surface area contributed by atoms with Crippen molar-refractivity contribution in [3.63, 3.8) is 0 Å². The number of oxazole rings is 1. The summed E-state index contributed by atoms with van der Waals surface area (Å²) in [5.41, 5.74) is 1.71. The van der Waals surface area contributed by atoms with Gasteiger partial charge in [-0.25, -0.2) is 8.42 Å². The number of piperidine rings is 1. The van der Waals surface area contributed by atoms with Gasteiger partial charge in [-0.3, -0.25) is 0 Å². The van der Waals surface area contributed by atoms with E-state index in [0.717, 1.165) is 44.3 Å². The number of hydrogen-bond acceptors (Lipinski definition) is 6. The highest BCUT2D eigenvalue weighted by Crippen LogP contribution is 2.38. The third-order valence-corrected chi connectivity index (χ3v) is 7.12. The molecular formula is C23H26N2O4S. The molecule has 2 heterocycles. The molecule has 0 atom stereocenters. The third kappa shape index (κ3) is 3.81. The van der Waals surface area contributed by atoms with Gasteiger partial charge in [-0.2, -0.15) is 4.98 Å². The summed E-state index contributed by atoms with van der Waals surface area (Å²) < 4.78 is 38.5. The monoisotopic (exact) mass is 426 g/mol. The van der Waals surface area contributed by atoms with Gasteiger partial charge in [-0.05, 0) is 55.5 Å². The summed E-state index contributed by atoms with van der Waals surface area (Å²) in [7, 11) is -2.27. The first-order valence-electron chi connectivity index (χ1n) is 10.3. The van der Waals surface area contributed by atoms with Crippen LogP contribution in [-0.4, -0.2) is 33.6 Å². The van der Waals surface area contributed by atoms with Crippen molar-refractivity contribution >= 4 is 15.7 Å². The summed E-state index contributed by atoms with van der Waals surface area (Å²) in [6.07, 6.45) is 3.97. The molecule has 0 N–H and O–H groups in total. The Morgan fingerprint density at radius 3 is 2.40 bits per heavy atom. The molecule has 1 fully saturated rings. The molecule has 7 heteroatoms. The van der Waals surface area contributed by atoms with Crippen molar-refractivity contribution in [3.05, 3.63) is 54.1 Å². The second kappa shape index (κ2) is 8.52. The van der Waals surface area contributed by atoms with E-state index in [4.69, 9.17) is 9.15 Å². The highest BCUT2D eigenvalue weighted by Gasteiger charge is 2.32. The van der Waals surface area contributed by atoms with Crippen LogP contribution in [0.1, 0.15) is 31.7 Å². The fourth-order valence-electron chi connectivity index (χ4n) is 3.72. The van der Waals surface area contributed by atoms with Crippen molar-refractivity contribution in [1.29, 1.82) is 0 Å². The Morgan fingerprint density at radius 1 is 1.03 bits per heavy atom. The number of sulfone groups is 1. The molecular weight excluding hydrogens is 400 g/mol. The van der Waals surface area contributed by atoms with Crippen LogP contribution < -0.4 is 9.64 Å². The summed E-state index contributed by atoms with van der Waals surface area (Å²) in [5, 5.41) is -0.0328. The van der Waals surface area contributed by atoms with Crippen LogP contribution in [0.15, 0.2) is 62.9 Å². The summed E-state index contributed by atoms with van der Waals surface area (Å²) in [6.45, 7) is 3.53. The van der Waals surface area contributed by atoms with Crippen molar-refractivity contribution in [1.82, 2.24) is 4.98 Å². The van der Waals surface area contributed by atoms with Crippen LogP contribution in [-0.2, 0) is 16.3 Å². The van der Waals surface area contributed by atoms with E-state index in [-0.39, 0.29) is 15.8 Å². The number of aryl methyl sites for hydroxylation is 1. The molecule has 30 heavy (non-hydrogen) atoms. The largest absolute Gasteiger partial charge is 0.496 e. The van der Waals surface area contributed by atoms with Gasteiger partial charge in [0, 0.05) is 13.1 Å². The average molecular weight is 427 g/mol. The fraction of sp³-hybridized carbons (Fsp3) is 0.348. The minimum absolute atomic E-state index is 0.0328. The van der Waals surface area contributed by atoms with Gasteiger partial charge >= 0.3 is 0 Å². The number of methoxy groups -OCH3 is 1. The first kappa shape index (κ1) is 20.5. The molecule has 2 aromatic carbocycles. The first-order valence-corrected chi connectivity index (χ1v) is 11.8. The van der Waals surface area contributed by atoms with Crippen LogP contribution in [0.4, 0.5) is 5.88 Å². The zero-order valence-electron chi connectivity index (χ0n) is 17.3. The predicted molar refractivity (Wildman–Crippen MR) is 116 cm³/mol. The Labute approximate surface area is 177 Å². The lowest BCUT2D eigenvalue weighted by Crippen LogP contribution is -2.30. The van der Waals surface area contributed by atoms with Gasteiger partial charge in [0.2, 0.25) is 26.6 Å². The Morgan fingerprint density at radius 2 is 1.73 bits per heavy atom. The number of hydrogen-bond donors (Lipinski definition) is 0. The molecule has 1 aliphatic heterocycles. The molecule has 1 aromatic heterocycles. The molecule has 1 aliphatic rings. The van der Waals surface area contributed by atoms with Gasteiger partial charge in [0.15, 0.2) is 0 Å². The number of aromatic nitrogens is 1. The number of anilines is 1. The van der Waals surface area contributed by atoms with Crippen molar-refractivity contribution < 1.29 is 17.6 Å². The number of rotatable bonds is 6. The smallest absolute Gasteiger partial charge is 0.236 e. The lowest BCUT2D eigenvalue weighted by atomic mass is 10.1. The van der Waals surface area contributed by atoms with Gasteiger partial charge in [-0.15, -0.1) is 0 Å². The van der Waals surface area contributed by atoms with Crippen molar-refractivity contribution in [2.45, 2.75) is 42.5 Å². The van der Waals surface area contributed by atoms with E-state index < -0.39 is 9.84 Å². The number of ether oxygens (including phenoxy) is 1. The van der Waals surface area contributed by atoms with Gasteiger partial charge in [0.25, 0.3) is 0 Å². The van der Waals surface area contributed by atoms with Crippen LogP contribution >= 0.6 is 0 Å². The third-order valence-electron chi connectivity index (χ3n) is 5.46. The standard InChI is InChI=1S/C23H26N2O4S/c1-3-17-11-13-18(14-12-17)30(26,27)22-23(25-15-7-4-8-16-25)29-21(24-22)19-9-5-6-10-20(19)28-2/h5-6,9-14H,3-4,7-8,15-16H2,1-2H3. The topological polar surface area (TPSA) is 72.6 Å². The summed E-state index contributed by atoms with van der Waals surface area (Å²) in [5.74, 6) is 1.15. The van der Waals surface area contributed by atoms with E-state index >= 15 is 0 Å². The van der Waals surface area contributed by atoms with E-state index in [1.54, 1.807) is 25.3 Å². The van der Waals surface area contributed by atoms with Crippen molar-refractivity contribution in [2.75, 3.05) is 25.1 Å². The highest BCUT2D eigenvalue weighted by atomic mass is 32.2. The molecule has 0 unspecified atom stereocenters. The van der Waals surface area contributed by atoms with Crippen LogP contribution in [0.2, 0.25) is 0 Å². The van der Waals surface area contributed by atoms with E-state index in [1.165, 1.54) is 0 Å². The Bertz CT molecular complexity index is 1110. The van der Waals surface area contributed by atoms with Gasteiger partial charge in [-0.1, -0.05) is 31.2 Å². The molecule has 3 aromatic rings. The molecule has 4 rings (SSSR count). The Kier molecular flexibility index (Phi) is 5.81. The number of benzene rings is 2. The Balaban J connectivity index is 1.85. The second-order valence-electron chi connectivity index (χ2n) is 7.38. The van der Waals surface area contributed by atoms with Crippen molar-refractivity contribution in [2.24, 2.45) is 0 Å². The molecule has 0 amide bonds. The average Bonchev–Trinajstić information content (AvgIpc) is 3.26. The molecule has 0 aliphatic carbocycles. The minimum Gasteiger partial charge on any atom is -0.496 e. The second-order valence-corrected chi connectivity index (χ2v) is 9.24. The molecule has 0 bridgehead atoms. The maximum Gasteiger partial charge on any atom is 0.236 e. The molecule has 0 radical (unpaired) electrons. The van der Waals surface area contributed by atoms with E-state index in [0.29, 0.717) is 17.2 Å². The summed E-state index contributed by atoms with van der Waals surface area (Å²) >= 11 is 0. The first-order chi connectivity index (χ1) is 14.5. The van der Waals surface area contributed by atoms with E-state index in [1.807, 2.05) is 42.2 Å². The molecule has 1 saturated heterocycles. The SMILES string of the molecule is CCc1ccc(S(=O)(=O)c2nc(-c3ccccc3OC)oc2N2CCCCC2)cc1. The number of nitrogens with zero attached hydrogens (tertiary/aromatic N) is 2. The van der Waals surface area contributed by atoms with E-state index in [2.05, 4.69) is 4.98 Å². The summed E-state index contributed by atoms with van der Waals surface area (Å²) in [4.78, 5) is 6.69. The summed E-state index contributed by atoms with van der Waals surface area (Å²) in [6, 6.07) is 14.3. The molecule has 0 spiro atoms. The lowest BCUT2D eigenvalue weighted by molar-refractivity contribution is 0.414. The Hall–Kier alpha value is -2.80. The van der Waals surface area contributed by atoms with E-state index in [9.17, 15) is 8.42 Å². The maximum atomic E-state index is 13.5. The normalized spacial score (nSPS) is 14.7. The van der Waals surface area contributed by atoms with Crippen LogP contribution in [0.3, 0.4) is 0 Å². The molecule has 6 nitrogen and oxygen atoms in total. The van der Waals surface area contributed by atoms with Crippen LogP contribution in [0.5, 0.6) is 5.75 Å². The van der Waals surface area contributed by atoms with Crippen molar-refractivity contribution in [3.8, 4) is 17.2 Å². The molecule has 0 saturated carbocycles. The lowest BCUT2D eigenvalue weighted by Gasteiger charge is -2.26. The number of para-hydroxylation sites is 1. The predicted octanol–water partition coefficient (Wildman–Crippen LogP) is 4.74. The quantitative estimate of drug-likeness (QED) is 0.567. The van der Waals surface area contributed by atoms with Gasteiger partial charge < -0.3 is 14.1 Å². The zero-order valence-corrected chi connectivity index (χ0v) is 18.1. The van der Waals surface area contributed by atoms with Gasteiger partial charge in [0.05, 0.1) is 17.6 Å². The maximum absolute atomic E-state index is 13.5. The molecule has 158 valence electrons. The van der Waals surface area contributed by atoms with Gasteiger partial charge in [0.1, 0.15) is 5.75 Å². The zero-order chi connectivity index (χ0) is 21.1. The van der Waals surface area contributed by atoms with Crippen LogP contribution in [0.25, 0.3) is 11.5 Å². The minimum atomic E-state index is -3.84. The highest BCUT2D eigenvalue weighted by molar-refractivity contribution is 7.91. The van der Waals surface area contributed by atoms with Crippen LogP contribution in [0, 0.1) is 0 Å².